The fourth-order valence-corrected chi connectivity index (χ4v) is 2.31. The largest absolute Gasteiger partial charge is 0.461 e. The summed E-state index contributed by atoms with van der Waals surface area (Å²) in [4.78, 5) is 11.7. The second kappa shape index (κ2) is 6.77. The molecule has 2 aromatic rings. The lowest BCUT2D eigenvalue weighted by Crippen LogP contribution is -2.15. The summed E-state index contributed by atoms with van der Waals surface area (Å²) >= 11 is 3.29. The van der Waals surface area contributed by atoms with E-state index in [0.717, 1.165) is 5.56 Å². The molecule has 0 fully saturated rings. The summed E-state index contributed by atoms with van der Waals surface area (Å²) in [5.74, 6) is -0.891. The van der Waals surface area contributed by atoms with Crippen LogP contribution in [0.2, 0.25) is 0 Å². The summed E-state index contributed by atoms with van der Waals surface area (Å²) in [5.41, 5.74) is 7.05. The molecule has 0 saturated heterocycles. The van der Waals surface area contributed by atoms with Gasteiger partial charge in [0.15, 0.2) is 5.69 Å². The maximum absolute atomic E-state index is 13.1. The lowest BCUT2D eigenvalue weighted by Gasteiger charge is -2.08. The summed E-state index contributed by atoms with van der Waals surface area (Å²) in [7, 11) is 0. The standard InChI is InChI=1S/C13H14BrFN4O2/c1-2-21-13(20)12-11(6-16)19(18-17-12)7-8-3-4-9(15)5-10(8)14/h3-5H,2,6-7,16H2,1H3. The molecule has 8 heteroatoms. The summed E-state index contributed by atoms with van der Waals surface area (Å²) in [6.45, 7) is 2.37. The molecule has 0 bridgehead atoms. The molecular weight excluding hydrogens is 343 g/mol. The second-order valence-electron chi connectivity index (χ2n) is 4.20. The zero-order chi connectivity index (χ0) is 15.4. The van der Waals surface area contributed by atoms with Crippen LogP contribution in [-0.4, -0.2) is 27.6 Å². The highest BCUT2D eigenvalue weighted by atomic mass is 79.9. The first-order chi connectivity index (χ1) is 10.1. The smallest absolute Gasteiger partial charge is 0.360 e. The molecule has 0 amide bonds. The van der Waals surface area contributed by atoms with Crippen molar-refractivity contribution in [1.29, 1.82) is 0 Å². The average molecular weight is 357 g/mol. The Kier molecular flexibility index (Phi) is 5.03. The fourth-order valence-electron chi connectivity index (χ4n) is 1.83. The zero-order valence-electron chi connectivity index (χ0n) is 11.3. The SMILES string of the molecule is CCOC(=O)c1nnn(Cc2ccc(F)cc2Br)c1CN. The van der Waals surface area contributed by atoms with Gasteiger partial charge in [-0.25, -0.2) is 13.9 Å². The van der Waals surface area contributed by atoms with Crippen LogP contribution in [-0.2, 0) is 17.8 Å². The first kappa shape index (κ1) is 15.6. The molecule has 0 aliphatic carbocycles. The van der Waals surface area contributed by atoms with Crippen molar-refractivity contribution in [2.45, 2.75) is 20.0 Å². The lowest BCUT2D eigenvalue weighted by atomic mass is 10.2. The van der Waals surface area contributed by atoms with Crippen molar-refractivity contribution in [3.8, 4) is 0 Å². The van der Waals surface area contributed by atoms with Crippen LogP contribution in [0.5, 0.6) is 0 Å². The van der Waals surface area contributed by atoms with E-state index >= 15 is 0 Å². The fraction of sp³-hybridized carbons (Fsp3) is 0.308. The molecule has 1 heterocycles. The van der Waals surface area contributed by atoms with E-state index < -0.39 is 5.97 Å². The summed E-state index contributed by atoms with van der Waals surface area (Å²) in [5, 5.41) is 7.74. The van der Waals surface area contributed by atoms with E-state index in [0.29, 0.717) is 16.7 Å². The Morgan fingerprint density at radius 2 is 2.29 bits per heavy atom. The van der Waals surface area contributed by atoms with Crippen molar-refractivity contribution in [2.24, 2.45) is 5.73 Å². The minimum atomic E-state index is -0.553. The van der Waals surface area contributed by atoms with E-state index in [9.17, 15) is 9.18 Å². The minimum Gasteiger partial charge on any atom is -0.461 e. The van der Waals surface area contributed by atoms with Crippen molar-refractivity contribution in [3.63, 3.8) is 0 Å². The monoisotopic (exact) mass is 356 g/mol. The van der Waals surface area contributed by atoms with Crippen molar-refractivity contribution < 1.29 is 13.9 Å². The van der Waals surface area contributed by atoms with Gasteiger partial charge in [0, 0.05) is 11.0 Å². The number of benzene rings is 1. The van der Waals surface area contributed by atoms with Crippen molar-refractivity contribution in [1.82, 2.24) is 15.0 Å². The highest BCUT2D eigenvalue weighted by Crippen LogP contribution is 2.20. The Morgan fingerprint density at radius 1 is 1.52 bits per heavy atom. The lowest BCUT2D eigenvalue weighted by molar-refractivity contribution is 0.0518. The predicted octanol–water partition coefficient (Wildman–Crippen LogP) is 1.86. The molecule has 2 rings (SSSR count). The Labute approximate surface area is 129 Å². The first-order valence-electron chi connectivity index (χ1n) is 6.30. The van der Waals surface area contributed by atoms with Gasteiger partial charge in [-0.15, -0.1) is 5.10 Å². The molecule has 2 N–H and O–H groups in total. The van der Waals surface area contributed by atoms with Crippen LogP contribution in [0.4, 0.5) is 4.39 Å². The van der Waals surface area contributed by atoms with Crippen molar-refractivity contribution in [2.75, 3.05) is 6.61 Å². The van der Waals surface area contributed by atoms with Crippen LogP contribution >= 0.6 is 15.9 Å². The summed E-state index contributed by atoms with van der Waals surface area (Å²) in [6.07, 6.45) is 0. The molecule has 0 saturated carbocycles. The van der Waals surface area contributed by atoms with Gasteiger partial charge in [-0.1, -0.05) is 27.2 Å². The Balaban J connectivity index is 2.30. The second-order valence-corrected chi connectivity index (χ2v) is 5.06. The normalized spacial score (nSPS) is 10.7. The van der Waals surface area contributed by atoms with Crippen LogP contribution in [0.3, 0.4) is 0 Å². The molecule has 0 atom stereocenters. The number of carbonyl (C=O) groups is 1. The van der Waals surface area contributed by atoms with Crippen molar-refractivity contribution in [3.05, 3.63) is 45.4 Å². The molecule has 0 unspecified atom stereocenters. The van der Waals surface area contributed by atoms with Gasteiger partial charge in [0.25, 0.3) is 0 Å². The Hall–Kier alpha value is -1.80. The Bertz CT molecular complexity index is 660. The summed E-state index contributed by atoms with van der Waals surface area (Å²) in [6, 6.07) is 4.34. The van der Waals surface area contributed by atoms with Gasteiger partial charge in [0.2, 0.25) is 0 Å². The van der Waals surface area contributed by atoms with Gasteiger partial charge in [-0.3, -0.25) is 0 Å². The highest BCUT2D eigenvalue weighted by Gasteiger charge is 2.20. The van der Waals surface area contributed by atoms with Crippen LogP contribution in [0, 0.1) is 5.82 Å². The zero-order valence-corrected chi connectivity index (χ0v) is 12.9. The maximum atomic E-state index is 13.1. The van der Waals surface area contributed by atoms with Gasteiger partial charge in [0.1, 0.15) is 5.82 Å². The molecule has 112 valence electrons. The molecule has 6 nitrogen and oxygen atoms in total. The number of esters is 1. The van der Waals surface area contributed by atoms with Crippen LogP contribution < -0.4 is 5.73 Å². The van der Waals surface area contributed by atoms with E-state index in [1.54, 1.807) is 13.0 Å². The third-order valence-electron chi connectivity index (χ3n) is 2.83. The van der Waals surface area contributed by atoms with Crippen LogP contribution in [0.15, 0.2) is 22.7 Å². The number of hydrogen-bond acceptors (Lipinski definition) is 5. The van der Waals surface area contributed by atoms with Gasteiger partial charge >= 0.3 is 5.97 Å². The first-order valence-corrected chi connectivity index (χ1v) is 7.09. The number of hydrogen-bond donors (Lipinski definition) is 1. The Morgan fingerprint density at radius 3 is 2.90 bits per heavy atom. The molecule has 0 radical (unpaired) electrons. The molecule has 0 aliphatic rings. The van der Waals surface area contributed by atoms with E-state index in [-0.39, 0.29) is 24.7 Å². The number of carbonyl (C=O) groups excluding carboxylic acids is 1. The van der Waals surface area contributed by atoms with Gasteiger partial charge in [-0.2, -0.15) is 0 Å². The van der Waals surface area contributed by atoms with E-state index in [1.807, 2.05) is 0 Å². The van der Waals surface area contributed by atoms with Gasteiger partial charge < -0.3 is 10.5 Å². The number of nitrogens with zero attached hydrogens (tertiary/aromatic N) is 3. The molecular formula is C13H14BrFN4O2. The summed E-state index contributed by atoms with van der Waals surface area (Å²) < 4.78 is 20.1. The molecule has 1 aromatic carbocycles. The van der Waals surface area contributed by atoms with Gasteiger partial charge in [0.05, 0.1) is 18.8 Å². The predicted molar refractivity (Wildman–Crippen MR) is 77.1 cm³/mol. The number of ether oxygens (including phenoxy) is 1. The van der Waals surface area contributed by atoms with Crippen LogP contribution in [0.25, 0.3) is 0 Å². The van der Waals surface area contributed by atoms with E-state index in [2.05, 4.69) is 26.2 Å². The highest BCUT2D eigenvalue weighted by molar-refractivity contribution is 9.10. The maximum Gasteiger partial charge on any atom is 0.360 e. The molecule has 0 aliphatic heterocycles. The number of nitrogens with two attached hydrogens (primary N) is 1. The molecule has 21 heavy (non-hydrogen) atoms. The third-order valence-corrected chi connectivity index (χ3v) is 3.57. The van der Waals surface area contributed by atoms with Crippen molar-refractivity contribution >= 4 is 21.9 Å². The van der Waals surface area contributed by atoms with E-state index in [4.69, 9.17) is 10.5 Å². The quantitative estimate of drug-likeness (QED) is 0.826. The number of aromatic nitrogens is 3. The average Bonchev–Trinajstić information content (AvgIpc) is 2.85. The topological polar surface area (TPSA) is 83.0 Å². The van der Waals surface area contributed by atoms with Crippen LogP contribution in [0.1, 0.15) is 28.7 Å². The number of halogens is 2. The number of rotatable bonds is 5. The molecule has 0 spiro atoms. The molecule has 1 aromatic heterocycles. The minimum absolute atomic E-state index is 0.0972. The van der Waals surface area contributed by atoms with Gasteiger partial charge in [-0.05, 0) is 24.6 Å². The van der Waals surface area contributed by atoms with E-state index in [1.165, 1.54) is 16.8 Å². The third kappa shape index (κ3) is 3.45.